The molecule has 0 bridgehead atoms. The third-order valence-electron chi connectivity index (χ3n) is 4.43. The molecule has 26 heavy (non-hydrogen) atoms. The molecule has 4 rings (SSSR count). The molecule has 7 nitrogen and oxygen atoms in total. The summed E-state index contributed by atoms with van der Waals surface area (Å²) in [5.74, 6) is 1.35. The molecule has 8 heteroatoms. The first kappa shape index (κ1) is 16.6. The van der Waals surface area contributed by atoms with Gasteiger partial charge in [-0.25, -0.2) is 0 Å². The maximum Gasteiger partial charge on any atom is 0.373 e. The summed E-state index contributed by atoms with van der Waals surface area (Å²) < 4.78 is 7.27. The zero-order valence-electron chi connectivity index (χ0n) is 14.3. The van der Waals surface area contributed by atoms with E-state index in [9.17, 15) is 10.1 Å². The number of benzene rings is 1. The van der Waals surface area contributed by atoms with Crippen LogP contribution >= 0.6 is 11.3 Å². The van der Waals surface area contributed by atoms with Crippen molar-refractivity contribution in [3.63, 3.8) is 0 Å². The highest BCUT2D eigenvalue weighted by molar-refractivity contribution is 7.15. The molecule has 3 heterocycles. The number of imidazole rings is 1. The van der Waals surface area contributed by atoms with Crippen LogP contribution in [0, 0.1) is 10.1 Å². The molecule has 0 unspecified atom stereocenters. The van der Waals surface area contributed by atoms with Crippen molar-refractivity contribution in [1.29, 1.82) is 0 Å². The van der Waals surface area contributed by atoms with Gasteiger partial charge in [-0.1, -0.05) is 35.6 Å². The number of rotatable bonds is 5. The van der Waals surface area contributed by atoms with Crippen molar-refractivity contribution >= 4 is 33.5 Å². The van der Waals surface area contributed by atoms with Crippen LogP contribution in [0.5, 0.6) is 5.75 Å². The monoisotopic (exact) mass is 370 g/mol. The molecule has 1 aliphatic rings. The molecule has 0 spiro atoms. The number of hydrogen-bond donors (Lipinski definition) is 0. The summed E-state index contributed by atoms with van der Waals surface area (Å²) in [6.45, 7) is 3.85. The average molecular weight is 370 g/mol. The van der Waals surface area contributed by atoms with Crippen LogP contribution < -0.4 is 9.64 Å². The summed E-state index contributed by atoms with van der Waals surface area (Å²) in [7, 11) is 0. The third kappa shape index (κ3) is 2.82. The van der Waals surface area contributed by atoms with Crippen LogP contribution in [0.3, 0.4) is 0 Å². The van der Waals surface area contributed by atoms with E-state index < -0.39 is 0 Å². The molecule has 134 valence electrons. The fourth-order valence-corrected chi connectivity index (χ4v) is 3.97. The van der Waals surface area contributed by atoms with Gasteiger partial charge in [0, 0.05) is 24.0 Å². The highest BCUT2D eigenvalue weighted by atomic mass is 32.1. The van der Waals surface area contributed by atoms with Crippen LogP contribution in [0.1, 0.15) is 18.9 Å². The number of nitro groups is 1. The number of nitrogens with zero attached hydrogens (tertiary/aromatic N) is 4. The van der Waals surface area contributed by atoms with Crippen LogP contribution in [0.15, 0.2) is 41.9 Å². The van der Waals surface area contributed by atoms with Crippen LogP contribution in [0.4, 0.5) is 11.6 Å². The molecule has 0 saturated heterocycles. The van der Waals surface area contributed by atoms with Crippen molar-refractivity contribution in [2.24, 2.45) is 0 Å². The second kappa shape index (κ2) is 6.80. The summed E-state index contributed by atoms with van der Waals surface area (Å²) in [5.41, 5.74) is 2.29. The number of fused-ring (bicyclic) bond motifs is 1. The van der Waals surface area contributed by atoms with Gasteiger partial charge in [-0.3, -0.25) is 0 Å². The highest BCUT2D eigenvalue weighted by Crippen LogP contribution is 2.35. The summed E-state index contributed by atoms with van der Waals surface area (Å²) in [6, 6.07) is 7.99. The van der Waals surface area contributed by atoms with Crippen LogP contribution in [0.25, 0.3) is 10.5 Å². The van der Waals surface area contributed by atoms with Gasteiger partial charge in [0.25, 0.3) is 4.96 Å². The summed E-state index contributed by atoms with van der Waals surface area (Å²) in [6.07, 6.45) is 4.59. The second-order valence-corrected chi connectivity index (χ2v) is 6.80. The van der Waals surface area contributed by atoms with E-state index in [0.717, 1.165) is 17.7 Å². The zero-order valence-corrected chi connectivity index (χ0v) is 15.1. The molecule has 2 aromatic heterocycles. The smallest absolute Gasteiger partial charge is 0.373 e. The van der Waals surface area contributed by atoms with E-state index in [1.54, 1.807) is 16.0 Å². The molecule has 0 aliphatic carbocycles. The van der Waals surface area contributed by atoms with Crippen LogP contribution in [-0.4, -0.2) is 34.0 Å². The Labute approximate surface area is 154 Å². The Balaban J connectivity index is 1.64. The number of hydrogen-bond acceptors (Lipinski definition) is 6. The molecule has 0 amide bonds. The molecule has 1 aliphatic heterocycles. The Hall–Kier alpha value is -2.87. The van der Waals surface area contributed by atoms with Crippen LogP contribution in [0.2, 0.25) is 0 Å². The number of aromatic nitrogens is 2. The average Bonchev–Trinajstić information content (AvgIpc) is 3.23. The summed E-state index contributed by atoms with van der Waals surface area (Å²) in [4.78, 5) is 18.3. The molecule has 0 fully saturated rings. The zero-order chi connectivity index (χ0) is 18.1. The molecule has 0 atom stereocenters. The van der Waals surface area contributed by atoms with E-state index in [0.29, 0.717) is 30.5 Å². The fraction of sp³-hybridized carbons (Fsp3) is 0.278. The van der Waals surface area contributed by atoms with Crippen LogP contribution in [-0.2, 0) is 0 Å². The number of ether oxygens (including phenoxy) is 1. The molecule has 0 N–H and O–H groups in total. The molecule has 3 aromatic rings. The lowest BCUT2D eigenvalue weighted by Gasteiger charge is -2.26. The molecule has 1 aromatic carbocycles. The Kier molecular flexibility index (Phi) is 4.34. The lowest BCUT2D eigenvalue weighted by atomic mass is 9.98. The number of anilines is 1. The van der Waals surface area contributed by atoms with Crippen molar-refractivity contribution in [1.82, 2.24) is 9.38 Å². The minimum Gasteiger partial charge on any atom is -0.493 e. The quantitative estimate of drug-likeness (QED) is 0.501. The van der Waals surface area contributed by atoms with E-state index in [1.807, 2.05) is 30.0 Å². The van der Waals surface area contributed by atoms with Crippen molar-refractivity contribution in [2.45, 2.75) is 13.3 Å². The topological polar surface area (TPSA) is 72.9 Å². The SMILES string of the molecule is CCOc1ccccc1C1=CCN(c2nc3sccn3c2[N+](=O)[O-])CC1. The molecule has 0 saturated carbocycles. The van der Waals surface area contributed by atoms with Gasteiger partial charge in [0.1, 0.15) is 11.9 Å². The fourth-order valence-electron chi connectivity index (χ4n) is 3.26. The molecular formula is C18H18N4O3S. The Bertz CT molecular complexity index is 991. The van der Waals surface area contributed by atoms with Gasteiger partial charge in [-0.05, 0) is 29.9 Å². The number of para-hydroxylation sites is 1. The predicted octanol–water partition coefficient (Wildman–Crippen LogP) is 4.00. The van der Waals surface area contributed by atoms with Gasteiger partial charge >= 0.3 is 5.82 Å². The van der Waals surface area contributed by atoms with Gasteiger partial charge in [0.2, 0.25) is 5.82 Å². The first-order valence-electron chi connectivity index (χ1n) is 8.45. The van der Waals surface area contributed by atoms with Crippen molar-refractivity contribution < 1.29 is 9.66 Å². The van der Waals surface area contributed by atoms with E-state index in [-0.39, 0.29) is 10.7 Å². The molecular weight excluding hydrogens is 352 g/mol. The Morgan fingerprint density at radius 1 is 1.38 bits per heavy atom. The van der Waals surface area contributed by atoms with E-state index >= 15 is 0 Å². The van der Waals surface area contributed by atoms with Gasteiger partial charge in [0.05, 0.1) is 6.61 Å². The first-order valence-corrected chi connectivity index (χ1v) is 9.33. The van der Waals surface area contributed by atoms with Gasteiger partial charge in [0.15, 0.2) is 0 Å². The third-order valence-corrected chi connectivity index (χ3v) is 5.19. The molecule has 0 radical (unpaired) electrons. The highest BCUT2D eigenvalue weighted by Gasteiger charge is 2.29. The van der Waals surface area contributed by atoms with E-state index in [4.69, 9.17) is 4.74 Å². The van der Waals surface area contributed by atoms with Crippen molar-refractivity contribution in [3.05, 3.63) is 57.6 Å². The minimum absolute atomic E-state index is 0.0350. The van der Waals surface area contributed by atoms with Crippen molar-refractivity contribution in [3.8, 4) is 5.75 Å². The Morgan fingerprint density at radius 2 is 2.23 bits per heavy atom. The first-order chi connectivity index (χ1) is 12.7. The maximum absolute atomic E-state index is 11.5. The standard InChI is InChI=1S/C18H18N4O3S/c1-2-25-15-6-4-3-5-14(15)13-7-9-20(10-8-13)16-17(22(23)24)21-11-12-26-18(21)19-16/h3-7,11-12H,2,8-10H2,1H3. The van der Waals surface area contributed by atoms with Crippen molar-refractivity contribution in [2.75, 3.05) is 24.6 Å². The number of thiazole rings is 1. The lowest BCUT2D eigenvalue weighted by Crippen LogP contribution is -2.29. The van der Waals surface area contributed by atoms with E-state index in [2.05, 4.69) is 17.1 Å². The maximum atomic E-state index is 11.5. The van der Waals surface area contributed by atoms with Gasteiger partial charge < -0.3 is 19.8 Å². The summed E-state index contributed by atoms with van der Waals surface area (Å²) in [5, 5.41) is 13.3. The summed E-state index contributed by atoms with van der Waals surface area (Å²) >= 11 is 1.40. The Morgan fingerprint density at radius 3 is 2.96 bits per heavy atom. The van der Waals surface area contributed by atoms with E-state index in [1.165, 1.54) is 16.9 Å². The minimum atomic E-state index is -0.355. The normalized spacial score (nSPS) is 14.5. The predicted molar refractivity (Wildman–Crippen MR) is 102 cm³/mol. The van der Waals surface area contributed by atoms with Gasteiger partial charge in [-0.15, -0.1) is 0 Å². The lowest BCUT2D eigenvalue weighted by molar-refractivity contribution is -0.389. The van der Waals surface area contributed by atoms with Gasteiger partial charge in [-0.2, -0.15) is 9.38 Å². The largest absolute Gasteiger partial charge is 0.493 e. The second-order valence-electron chi connectivity index (χ2n) is 5.93.